The quantitative estimate of drug-likeness (QED) is 0.315. The lowest BCUT2D eigenvalue weighted by Crippen LogP contribution is -2.38. The van der Waals surface area contributed by atoms with Crippen LogP contribution in [-0.4, -0.2) is 28.3 Å². The number of non-ortho nitro benzene ring substituents is 1. The Balaban J connectivity index is 2.70. The minimum absolute atomic E-state index is 0.0626. The van der Waals surface area contributed by atoms with Gasteiger partial charge in [0.05, 0.1) is 10.3 Å². The van der Waals surface area contributed by atoms with Gasteiger partial charge < -0.3 is 9.47 Å². The fourth-order valence-corrected chi connectivity index (χ4v) is 2.32. The zero-order valence-corrected chi connectivity index (χ0v) is 14.0. The molecule has 1 unspecified atom stereocenters. The molecular formula is C14H16BrNO6. The normalized spacial score (nSPS) is 12.4. The molecule has 1 aromatic rings. The van der Waals surface area contributed by atoms with Crippen LogP contribution in [0.1, 0.15) is 20.8 Å². The van der Waals surface area contributed by atoms with Gasteiger partial charge in [0.15, 0.2) is 5.78 Å². The van der Waals surface area contributed by atoms with E-state index in [2.05, 4.69) is 15.9 Å². The molecule has 1 rings (SSSR count). The Morgan fingerprint density at radius 3 is 2.32 bits per heavy atom. The van der Waals surface area contributed by atoms with E-state index in [4.69, 9.17) is 9.47 Å². The van der Waals surface area contributed by atoms with Crippen LogP contribution in [0.25, 0.3) is 0 Å². The molecule has 7 nitrogen and oxygen atoms in total. The van der Waals surface area contributed by atoms with Crippen molar-refractivity contribution >= 4 is 33.4 Å². The lowest BCUT2D eigenvalue weighted by Gasteiger charge is -2.25. The molecule has 0 amide bonds. The third-order valence-electron chi connectivity index (χ3n) is 2.80. The minimum Gasteiger partial charge on any atom is -0.471 e. The van der Waals surface area contributed by atoms with Crippen LogP contribution < -0.4 is 4.74 Å². The van der Waals surface area contributed by atoms with Crippen LogP contribution in [0.3, 0.4) is 0 Å². The second-order valence-corrected chi connectivity index (χ2v) is 6.04. The molecule has 8 heteroatoms. The van der Waals surface area contributed by atoms with E-state index in [1.54, 1.807) is 13.8 Å². The van der Waals surface area contributed by atoms with Gasteiger partial charge in [0.1, 0.15) is 12.4 Å². The van der Waals surface area contributed by atoms with E-state index in [-0.39, 0.29) is 18.1 Å². The van der Waals surface area contributed by atoms with E-state index in [1.807, 2.05) is 0 Å². The number of nitro groups is 1. The predicted molar refractivity (Wildman–Crippen MR) is 81.9 cm³/mol. The predicted octanol–water partition coefficient (Wildman–Crippen LogP) is 2.85. The van der Waals surface area contributed by atoms with Crippen molar-refractivity contribution in [3.8, 4) is 5.75 Å². The number of ketones is 1. The van der Waals surface area contributed by atoms with Gasteiger partial charge in [-0.15, -0.1) is 0 Å². The van der Waals surface area contributed by atoms with Crippen molar-refractivity contribution in [3.63, 3.8) is 0 Å². The molecule has 0 N–H and O–H groups in total. The SMILES string of the molecule is CC(=O)OCC(C)(C)C(=O)C(Br)Oc1ccc([N+](=O)[O-])cc1. The molecule has 0 spiro atoms. The third-order valence-corrected chi connectivity index (χ3v) is 3.40. The average molecular weight is 374 g/mol. The smallest absolute Gasteiger partial charge is 0.302 e. The Hall–Kier alpha value is -1.96. The largest absolute Gasteiger partial charge is 0.471 e. The Labute approximate surface area is 135 Å². The van der Waals surface area contributed by atoms with Crippen LogP contribution in [0.5, 0.6) is 5.75 Å². The van der Waals surface area contributed by atoms with E-state index in [9.17, 15) is 19.7 Å². The number of hydrogen-bond donors (Lipinski definition) is 0. The molecule has 0 saturated heterocycles. The number of hydrogen-bond acceptors (Lipinski definition) is 6. The topological polar surface area (TPSA) is 95.7 Å². The number of nitro benzene ring substituents is 1. The van der Waals surface area contributed by atoms with Crippen molar-refractivity contribution in [2.45, 2.75) is 25.8 Å². The third kappa shape index (κ3) is 5.10. The van der Waals surface area contributed by atoms with Gasteiger partial charge in [-0.2, -0.15) is 0 Å². The van der Waals surface area contributed by atoms with Gasteiger partial charge in [-0.05, 0) is 41.9 Å². The number of esters is 1. The summed E-state index contributed by atoms with van der Waals surface area (Å²) < 4.78 is 10.3. The summed E-state index contributed by atoms with van der Waals surface area (Å²) in [6.45, 7) is 4.46. The van der Waals surface area contributed by atoms with E-state index in [1.165, 1.54) is 31.2 Å². The summed E-state index contributed by atoms with van der Waals surface area (Å²) in [5.74, 6) is -0.473. The minimum atomic E-state index is -0.959. The number of benzene rings is 1. The highest BCUT2D eigenvalue weighted by atomic mass is 79.9. The fraction of sp³-hybridized carbons (Fsp3) is 0.429. The summed E-state index contributed by atoms with van der Waals surface area (Å²) in [4.78, 5) is 33.2. The van der Waals surface area contributed by atoms with Gasteiger partial charge in [0.2, 0.25) is 5.01 Å². The van der Waals surface area contributed by atoms with Crippen LogP contribution in [0.2, 0.25) is 0 Å². The average Bonchev–Trinajstić information content (AvgIpc) is 2.45. The lowest BCUT2D eigenvalue weighted by atomic mass is 9.89. The Bertz CT molecular complexity index is 569. The fourth-order valence-electron chi connectivity index (χ4n) is 1.48. The van der Waals surface area contributed by atoms with Gasteiger partial charge >= 0.3 is 5.97 Å². The van der Waals surface area contributed by atoms with Crippen molar-refractivity contribution in [1.29, 1.82) is 0 Å². The number of nitrogens with zero attached hydrogens (tertiary/aromatic N) is 1. The molecule has 22 heavy (non-hydrogen) atoms. The van der Waals surface area contributed by atoms with Crippen LogP contribution in [-0.2, 0) is 14.3 Å². The molecule has 0 saturated carbocycles. The molecule has 1 aromatic carbocycles. The number of Topliss-reactive ketones (excluding diaryl/α,β-unsaturated/α-hetero) is 1. The van der Waals surface area contributed by atoms with Crippen molar-refractivity contribution in [1.82, 2.24) is 0 Å². The maximum Gasteiger partial charge on any atom is 0.302 e. The molecule has 0 radical (unpaired) electrons. The molecule has 0 aliphatic carbocycles. The first-order valence-corrected chi connectivity index (χ1v) is 7.28. The van der Waals surface area contributed by atoms with Crippen molar-refractivity contribution in [2.24, 2.45) is 5.41 Å². The van der Waals surface area contributed by atoms with Gasteiger partial charge in [0.25, 0.3) is 5.69 Å². The zero-order valence-electron chi connectivity index (χ0n) is 12.4. The Morgan fingerprint density at radius 2 is 1.86 bits per heavy atom. The molecule has 1 atom stereocenters. The summed E-state index contributed by atoms with van der Waals surface area (Å²) in [7, 11) is 0. The van der Waals surface area contributed by atoms with Crippen LogP contribution >= 0.6 is 15.9 Å². The highest BCUT2D eigenvalue weighted by Crippen LogP contribution is 2.26. The number of rotatable bonds is 7. The summed E-state index contributed by atoms with van der Waals surface area (Å²) in [6.07, 6.45) is 0. The molecular weight excluding hydrogens is 358 g/mol. The molecule has 0 fully saturated rings. The van der Waals surface area contributed by atoms with E-state index in [0.29, 0.717) is 5.75 Å². The van der Waals surface area contributed by atoms with Crippen molar-refractivity contribution < 1.29 is 24.0 Å². The number of halogens is 1. The van der Waals surface area contributed by atoms with Crippen LogP contribution in [0.15, 0.2) is 24.3 Å². The first-order valence-electron chi connectivity index (χ1n) is 6.36. The van der Waals surface area contributed by atoms with Gasteiger partial charge in [-0.25, -0.2) is 0 Å². The van der Waals surface area contributed by atoms with Crippen LogP contribution in [0, 0.1) is 15.5 Å². The maximum absolute atomic E-state index is 12.3. The maximum atomic E-state index is 12.3. The summed E-state index contributed by atoms with van der Waals surface area (Å²) in [5.41, 5.74) is -0.999. The molecule has 120 valence electrons. The Morgan fingerprint density at radius 1 is 1.32 bits per heavy atom. The summed E-state index contributed by atoms with van der Waals surface area (Å²) >= 11 is 3.12. The summed E-state index contributed by atoms with van der Waals surface area (Å²) in [5, 5.41) is 9.60. The second kappa shape index (κ2) is 7.35. The molecule has 0 aliphatic heterocycles. The van der Waals surface area contributed by atoms with E-state index in [0.717, 1.165) is 0 Å². The molecule has 0 aromatic heterocycles. The standard InChI is InChI=1S/C14H16BrNO6/c1-9(17)21-8-14(2,3)12(18)13(15)22-11-6-4-10(5-7-11)16(19)20/h4-7,13H,8H2,1-3H3. The number of carbonyl (C=O) groups is 2. The van der Waals surface area contributed by atoms with Gasteiger partial charge in [-0.3, -0.25) is 19.7 Å². The van der Waals surface area contributed by atoms with Crippen molar-refractivity contribution in [3.05, 3.63) is 34.4 Å². The molecule has 0 aliphatic rings. The summed E-state index contributed by atoms with van der Waals surface area (Å²) in [6, 6.07) is 5.37. The Kier molecular flexibility index (Phi) is 6.04. The monoisotopic (exact) mass is 373 g/mol. The van der Waals surface area contributed by atoms with Crippen LogP contribution in [0.4, 0.5) is 5.69 Å². The molecule has 0 bridgehead atoms. The highest BCUT2D eigenvalue weighted by molar-refractivity contribution is 9.09. The first kappa shape index (κ1) is 18.1. The van der Waals surface area contributed by atoms with E-state index >= 15 is 0 Å². The van der Waals surface area contributed by atoms with Gasteiger partial charge in [0, 0.05) is 19.1 Å². The van der Waals surface area contributed by atoms with Crippen molar-refractivity contribution in [2.75, 3.05) is 6.61 Å². The molecule has 0 heterocycles. The number of carbonyl (C=O) groups excluding carboxylic acids is 2. The van der Waals surface area contributed by atoms with E-state index < -0.39 is 21.3 Å². The number of ether oxygens (including phenoxy) is 2. The lowest BCUT2D eigenvalue weighted by molar-refractivity contribution is -0.384. The zero-order chi connectivity index (χ0) is 16.9. The second-order valence-electron chi connectivity index (χ2n) is 5.21. The highest BCUT2D eigenvalue weighted by Gasteiger charge is 2.35. The van der Waals surface area contributed by atoms with Gasteiger partial charge in [-0.1, -0.05) is 0 Å². The first-order chi connectivity index (χ1) is 10.1. The number of alkyl halides is 1.